The highest BCUT2D eigenvalue weighted by Gasteiger charge is 2.28. The molecule has 1 aliphatic rings. The zero-order valence-electron chi connectivity index (χ0n) is 13.4. The van der Waals surface area contributed by atoms with Gasteiger partial charge in [-0.15, -0.1) is 0 Å². The molecule has 4 rings (SSSR count). The van der Waals surface area contributed by atoms with Crippen LogP contribution in [0.15, 0.2) is 42.5 Å². The topological polar surface area (TPSA) is 62.1 Å². The molecule has 0 bridgehead atoms. The van der Waals surface area contributed by atoms with E-state index in [0.29, 0.717) is 18.1 Å². The summed E-state index contributed by atoms with van der Waals surface area (Å²) in [6, 6.07) is 12.2. The van der Waals surface area contributed by atoms with Crippen molar-refractivity contribution in [2.24, 2.45) is 5.73 Å². The maximum absolute atomic E-state index is 12.8. The van der Waals surface area contributed by atoms with Crippen LogP contribution in [0.5, 0.6) is 0 Å². The Kier molecular flexibility index (Phi) is 4.20. The van der Waals surface area contributed by atoms with Crippen molar-refractivity contribution in [3.05, 3.63) is 69.3 Å². The van der Waals surface area contributed by atoms with Crippen molar-refractivity contribution in [2.75, 3.05) is 6.54 Å². The van der Waals surface area contributed by atoms with Crippen molar-refractivity contribution in [3.8, 4) is 0 Å². The molecule has 3 N–H and O–H groups in total. The van der Waals surface area contributed by atoms with Gasteiger partial charge in [0.05, 0.1) is 6.54 Å². The molecule has 1 atom stereocenters. The molecule has 0 saturated carbocycles. The smallest absolute Gasteiger partial charge is 0.244 e. The Hall–Kier alpha value is -2.01. The standard InChI is InChI=1S/C19H17Cl2N3O/c20-12-3-1-11(2-4-12)18(22)19(25)24-8-7-14-15-9-13(21)5-6-16(15)23-17(14)10-24/h1-6,9,18,23H,7-8,10,22H2. The third-order valence-corrected chi connectivity index (χ3v) is 5.23. The van der Waals surface area contributed by atoms with Gasteiger partial charge in [-0.3, -0.25) is 4.79 Å². The minimum atomic E-state index is -0.683. The summed E-state index contributed by atoms with van der Waals surface area (Å²) >= 11 is 12.0. The molecule has 128 valence electrons. The van der Waals surface area contributed by atoms with Gasteiger partial charge < -0.3 is 15.6 Å². The minimum absolute atomic E-state index is 0.0790. The van der Waals surface area contributed by atoms with Gasteiger partial charge in [-0.25, -0.2) is 0 Å². The summed E-state index contributed by atoms with van der Waals surface area (Å²) in [7, 11) is 0. The minimum Gasteiger partial charge on any atom is -0.357 e. The number of nitrogens with zero attached hydrogens (tertiary/aromatic N) is 1. The third-order valence-electron chi connectivity index (χ3n) is 4.74. The molecule has 3 aromatic rings. The number of amides is 1. The second-order valence-corrected chi connectivity index (χ2v) is 7.18. The van der Waals surface area contributed by atoms with Crippen LogP contribution in [-0.2, 0) is 17.8 Å². The summed E-state index contributed by atoms with van der Waals surface area (Å²) < 4.78 is 0. The number of hydrogen-bond acceptors (Lipinski definition) is 2. The van der Waals surface area contributed by atoms with Crippen molar-refractivity contribution < 1.29 is 4.79 Å². The maximum Gasteiger partial charge on any atom is 0.244 e. The quantitative estimate of drug-likeness (QED) is 0.711. The molecule has 1 aliphatic heterocycles. The first-order chi connectivity index (χ1) is 12.0. The van der Waals surface area contributed by atoms with Gasteiger partial charge in [-0.2, -0.15) is 0 Å². The Morgan fingerprint density at radius 3 is 2.60 bits per heavy atom. The zero-order valence-corrected chi connectivity index (χ0v) is 14.9. The summed E-state index contributed by atoms with van der Waals surface area (Å²) in [5.74, 6) is -0.0790. The fourth-order valence-electron chi connectivity index (χ4n) is 3.41. The second kappa shape index (κ2) is 6.37. The number of halogens is 2. The summed E-state index contributed by atoms with van der Waals surface area (Å²) in [5, 5.41) is 2.48. The van der Waals surface area contributed by atoms with Gasteiger partial charge in [0.25, 0.3) is 0 Å². The summed E-state index contributed by atoms with van der Waals surface area (Å²) in [6.45, 7) is 1.17. The lowest BCUT2D eigenvalue weighted by Gasteiger charge is -2.29. The van der Waals surface area contributed by atoms with Gasteiger partial charge in [-0.05, 0) is 47.9 Å². The van der Waals surface area contributed by atoms with Gasteiger partial charge in [0.15, 0.2) is 0 Å². The summed E-state index contributed by atoms with van der Waals surface area (Å²) in [4.78, 5) is 18.0. The Labute approximate surface area is 155 Å². The first kappa shape index (κ1) is 16.5. The van der Waals surface area contributed by atoms with E-state index < -0.39 is 6.04 Å². The van der Waals surface area contributed by atoms with E-state index in [2.05, 4.69) is 4.98 Å². The highest BCUT2D eigenvalue weighted by Crippen LogP contribution is 2.30. The zero-order chi connectivity index (χ0) is 17.6. The summed E-state index contributed by atoms with van der Waals surface area (Å²) in [5.41, 5.74) is 10.3. The molecule has 0 radical (unpaired) electrons. The van der Waals surface area contributed by atoms with Crippen LogP contribution in [0.2, 0.25) is 10.0 Å². The average Bonchev–Trinajstić information content (AvgIpc) is 2.98. The van der Waals surface area contributed by atoms with E-state index in [9.17, 15) is 4.79 Å². The first-order valence-electron chi connectivity index (χ1n) is 8.12. The van der Waals surface area contributed by atoms with E-state index in [1.165, 1.54) is 5.56 Å². The molecule has 2 heterocycles. The fourth-order valence-corrected chi connectivity index (χ4v) is 3.71. The number of nitrogens with two attached hydrogens (primary N) is 1. The number of hydrogen-bond donors (Lipinski definition) is 2. The molecular weight excluding hydrogens is 357 g/mol. The number of benzene rings is 2. The lowest BCUT2D eigenvalue weighted by atomic mass is 10.0. The van der Waals surface area contributed by atoms with Crippen LogP contribution >= 0.6 is 23.2 Å². The Morgan fingerprint density at radius 2 is 1.84 bits per heavy atom. The second-order valence-electron chi connectivity index (χ2n) is 6.31. The van der Waals surface area contributed by atoms with Gasteiger partial charge in [0, 0.05) is 33.2 Å². The average molecular weight is 374 g/mol. The molecule has 1 aromatic heterocycles. The van der Waals surface area contributed by atoms with Gasteiger partial charge >= 0.3 is 0 Å². The SMILES string of the molecule is NC(C(=O)N1CCc2c([nH]c3ccc(Cl)cc23)C1)c1ccc(Cl)cc1. The normalized spacial score (nSPS) is 15.2. The molecule has 2 aromatic carbocycles. The number of nitrogens with one attached hydrogen (secondary N) is 1. The van der Waals surface area contributed by atoms with Crippen molar-refractivity contribution >= 4 is 40.0 Å². The monoisotopic (exact) mass is 373 g/mol. The molecule has 0 aliphatic carbocycles. The van der Waals surface area contributed by atoms with Gasteiger partial charge in [0.2, 0.25) is 5.91 Å². The maximum atomic E-state index is 12.8. The third kappa shape index (κ3) is 3.01. The number of rotatable bonds is 2. The van der Waals surface area contributed by atoms with Crippen LogP contribution in [0.3, 0.4) is 0 Å². The predicted molar refractivity (Wildman–Crippen MR) is 101 cm³/mol. The van der Waals surface area contributed by atoms with Crippen molar-refractivity contribution in [1.82, 2.24) is 9.88 Å². The highest BCUT2D eigenvalue weighted by molar-refractivity contribution is 6.31. The largest absolute Gasteiger partial charge is 0.357 e. The number of carbonyl (C=O) groups excluding carboxylic acids is 1. The summed E-state index contributed by atoms with van der Waals surface area (Å²) in [6.07, 6.45) is 0.786. The van der Waals surface area contributed by atoms with Crippen LogP contribution in [0.1, 0.15) is 22.9 Å². The van der Waals surface area contributed by atoms with Crippen LogP contribution in [0.4, 0.5) is 0 Å². The molecule has 0 saturated heterocycles. The molecule has 25 heavy (non-hydrogen) atoms. The number of fused-ring (bicyclic) bond motifs is 3. The van der Waals surface area contributed by atoms with Gasteiger partial charge in [0.1, 0.15) is 6.04 Å². The first-order valence-corrected chi connectivity index (χ1v) is 8.87. The number of aromatic nitrogens is 1. The molecule has 1 amide bonds. The molecule has 0 spiro atoms. The Morgan fingerprint density at radius 1 is 1.12 bits per heavy atom. The van der Waals surface area contributed by atoms with Crippen molar-refractivity contribution in [3.63, 3.8) is 0 Å². The van der Waals surface area contributed by atoms with Crippen LogP contribution in [0.25, 0.3) is 10.9 Å². The Balaban J connectivity index is 1.58. The van der Waals surface area contributed by atoms with Crippen LogP contribution in [-0.4, -0.2) is 22.3 Å². The lowest BCUT2D eigenvalue weighted by molar-refractivity contribution is -0.133. The molecular formula is C19H17Cl2N3O. The van der Waals surface area contributed by atoms with Crippen molar-refractivity contribution in [2.45, 2.75) is 19.0 Å². The molecule has 4 nitrogen and oxygen atoms in total. The van der Waals surface area contributed by atoms with E-state index in [4.69, 9.17) is 28.9 Å². The fraction of sp³-hybridized carbons (Fsp3) is 0.211. The van der Waals surface area contributed by atoms with Crippen LogP contribution in [0, 0.1) is 0 Å². The van der Waals surface area contributed by atoms with Crippen molar-refractivity contribution in [1.29, 1.82) is 0 Å². The van der Waals surface area contributed by atoms with E-state index in [0.717, 1.165) is 33.6 Å². The lowest BCUT2D eigenvalue weighted by Crippen LogP contribution is -2.41. The molecule has 6 heteroatoms. The van der Waals surface area contributed by atoms with E-state index in [1.54, 1.807) is 29.2 Å². The Bertz CT molecular complexity index is 949. The number of H-pyrrole nitrogens is 1. The number of carbonyl (C=O) groups is 1. The van der Waals surface area contributed by atoms with Gasteiger partial charge in [-0.1, -0.05) is 35.3 Å². The predicted octanol–water partition coefficient (Wildman–Crippen LogP) is 4.06. The van der Waals surface area contributed by atoms with E-state index in [1.807, 2.05) is 18.2 Å². The number of aromatic amines is 1. The highest BCUT2D eigenvalue weighted by atomic mass is 35.5. The van der Waals surface area contributed by atoms with Crippen LogP contribution < -0.4 is 5.73 Å². The molecule has 0 fully saturated rings. The molecule has 1 unspecified atom stereocenters. The van der Waals surface area contributed by atoms with E-state index in [-0.39, 0.29) is 5.91 Å². The van der Waals surface area contributed by atoms with E-state index >= 15 is 0 Å².